The van der Waals surface area contributed by atoms with Gasteiger partial charge in [-0.15, -0.1) is 0 Å². The fourth-order valence-electron chi connectivity index (χ4n) is 8.69. The lowest BCUT2D eigenvalue weighted by molar-refractivity contribution is -0.120. The van der Waals surface area contributed by atoms with Gasteiger partial charge in [0.25, 0.3) is 0 Å². The third-order valence-corrected chi connectivity index (χ3v) is 9.30. The highest BCUT2D eigenvalue weighted by molar-refractivity contribution is 6.05. The third kappa shape index (κ3) is 1.53. The third-order valence-electron chi connectivity index (χ3n) is 9.30. The summed E-state index contributed by atoms with van der Waals surface area (Å²) in [6.45, 7) is 0. The molecule has 8 atom stereocenters. The molecular formula is C25H26O2. The maximum absolute atomic E-state index is 13.9. The van der Waals surface area contributed by atoms with Crippen LogP contribution in [0.1, 0.15) is 31.2 Å². The standard InChI is InChI=1S/C25H26O2/c1-27-24-19-14-8-7-13(11-14)18(19)23(26)22(24)25(17-5-3-2-4-6-17)20-15-9-10-16(12-15)21(20)25/h2-8,13-16,18-21H,9-12H2,1H3. The molecule has 8 unspecified atom stereocenters. The average Bonchev–Trinajstić information content (AvgIpc) is 3.31. The number of Topliss-reactive ketones (excluding diaryl/α,β-unsaturated/α-hetero) is 1. The topological polar surface area (TPSA) is 26.3 Å². The van der Waals surface area contributed by atoms with Crippen molar-refractivity contribution in [3.05, 3.63) is 59.4 Å². The molecule has 0 radical (unpaired) electrons. The van der Waals surface area contributed by atoms with E-state index in [-0.39, 0.29) is 11.3 Å². The summed E-state index contributed by atoms with van der Waals surface area (Å²) in [5, 5.41) is 0. The molecule has 0 saturated heterocycles. The van der Waals surface area contributed by atoms with Gasteiger partial charge in [0.05, 0.1) is 7.11 Å². The summed E-state index contributed by atoms with van der Waals surface area (Å²) in [5.41, 5.74) is 2.45. The lowest BCUT2D eigenvalue weighted by Gasteiger charge is -2.27. The number of allylic oxidation sites excluding steroid dienone is 4. The molecule has 6 aliphatic rings. The van der Waals surface area contributed by atoms with E-state index in [1.807, 2.05) is 7.11 Å². The van der Waals surface area contributed by atoms with Gasteiger partial charge >= 0.3 is 0 Å². The summed E-state index contributed by atoms with van der Waals surface area (Å²) in [6.07, 6.45) is 9.94. The number of carbonyl (C=O) groups is 1. The Kier molecular flexibility index (Phi) is 2.67. The van der Waals surface area contributed by atoms with E-state index >= 15 is 0 Å². The van der Waals surface area contributed by atoms with Gasteiger partial charge in [-0.05, 0) is 66.8 Å². The summed E-state index contributed by atoms with van der Waals surface area (Å²) in [4.78, 5) is 13.9. The van der Waals surface area contributed by atoms with Crippen LogP contribution >= 0.6 is 0 Å². The average molecular weight is 358 g/mol. The molecule has 1 aromatic carbocycles. The van der Waals surface area contributed by atoms with Crippen LogP contribution in [0, 0.1) is 47.3 Å². The highest BCUT2D eigenvalue weighted by Crippen LogP contribution is 2.80. The number of ketones is 1. The zero-order valence-electron chi connectivity index (χ0n) is 15.8. The number of hydrogen-bond donors (Lipinski definition) is 0. The predicted octanol–water partition coefficient (Wildman–Crippen LogP) is 4.52. The minimum absolute atomic E-state index is 0.0441. The summed E-state index contributed by atoms with van der Waals surface area (Å²) >= 11 is 0. The number of methoxy groups -OCH3 is 1. The SMILES string of the molecule is COC1=C(C2(c3ccccc3)C3C4CCC(C4)C32)C(=O)C2C3C=CC(C3)C12. The van der Waals surface area contributed by atoms with Gasteiger partial charge in [0.1, 0.15) is 5.76 Å². The molecule has 1 aromatic rings. The van der Waals surface area contributed by atoms with Crippen LogP contribution in [-0.4, -0.2) is 12.9 Å². The zero-order valence-corrected chi connectivity index (χ0v) is 15.8. The van der Waals surface area contributed by atoms with E-state index < -0.39 is 0 Å². The second-order valence-electron chi connectivity index (χ2n) is 9.93. The van der Waals surface area contributed by atoms with Crippen LogP contribution in [0.4, 0.5) is 0 Å². The van der Waals surface area contributed by atoms with Gasteiger partial charge < -0.3 is 4.74 Å². The first-order valence-electron chi connectivity index (χ1n) is 10.8. The maximum atomic E-state index is 13.9. The van der Waals surface area contributed by atoms with E-state index in [0.29, 0.717) is 35.4 Å². The van der Waals surface area contributed by atoms with Crippen LogP contribution in [-0.2, 0) is 14.9 Å². The lowest BCUT2D eigenvalue weighted by Crippen LogP contribution is -2.28. The second kappa shape index (κ2) is 4.77. The van der Waals surface area contributed by atoms with Crippen LogP contribution in [0.25, 0.3) is 0 Å². The summed E-state index contributed by atoms with van der Waals surface area (Å²) in [6, 6.07) is 11.0. The predicted molar refractivity (Wildman–Crippen MR) is 103 cm³/mol. The van der Waals surface area contributed by atoms with Crippen LogP contribution in [0.5, 0.6) is 0 Å². The van der Waals surface area contributed by atoms with Crippen LogP contribution < -0.4 is 0 Å². The molecule has 6 aliphatic carbocycles. The Morgan fingerprint density at radius 3 is 2.26 bits per heavy atom. The molecule has 4 fully saturated rings. The monoisotopic (exact) mass is 358 g/mol. The fraction of sp³-hybridized carbons (Fsp3) is 0.560. The Morgan fingerprint density at radius 1 is 0.926 bits per heavy atom. The zero-order chi connectivity index (χ0) is 17.9. The van der Waals surface area contributed by atoms with Crippen molar-refractivity contribution < 1.29 is 9.53 Å². The van der Waals surface area contributed by atoms with Crippen molar-refractivity contribution in [3.8, 4) is 0 Å². The van der Waals surface area contributed by atoms with E-state index in [1.165, 1.54) is 24.8 Å². The molecule has 0 N–H and O–H groups in total. The summed E-state index contributed by atoms with van der Waals surface area (Å²) in [7, 11) is 1.81. The molecule has 2 heteroatoms. The van der Waals surface area contributed by atoms with Gasteiger partial charge in [0, 0.05) is 22.8 Å². The molecule has 0 spiro atoms. The molecule has 4 saturated carbocycles. The summed E-state index contributed by atoms with van der Waals surface area (Å²) in [5.74, 6) is 5.91. The summed E-state index contributed by atoms with van der Waals surface area (Å²) < 4.78 is 6.09. The van der Waals surface area contributed by atoms with Crippen molar-refractivity contribution in [2.45, 2.75) is 31.1 Å². The van der Waals surface area contributed by atoms with E-state index in [1.54, 1.807) is 0 Å². The van der Waals surface area contributed by atoms with Crippen LogP contribution in [0.3, 0.4) is 0 Å². The van der Waals surface area contributed by atoms with E-state index in [9.17, 15) is 4.79 Å². The van der Waals surface area contributed by atoms with Gasteiger partial charge in [-0.25, -0.2) is 0 Å². The lowest BCUT2D eigenvalue weighted by atomic mass is 9.76. The Morgan fingerprint density at radius 2 is 1.59 bits per heavy atom. The van der Waals surface area contributed by atoms with E-state index in [0.717, 1.165) is 29.6 Å². The Labute approximate surface area is 160 Å². The van der Waals surface area contributed by atoms with Gasteiger partial charge in [-0.2, -0.15) is 0 Å². The Bertz CT molecular complexity index is 894. The van der Waals surface area contributed by atoms with Gasteiger partial charge in [-0.1, -0.05) is 42.5 Å². The number of hydrogen-bond acceptors (Lipinski definition) is 2. The van der Waals surface area contributed by atoms with Crippen molar-refractivity contribution in [3.63, 3.8) is 0 Å². The highest BCUT2D eigenvalue weighted by atomic mass is 16.5. The first-order chi connectivity index (χ1) is 13.3. The van der Waals surface area contributed by atoms with Crippen molar-refractivity contribution in [2.24, 2.45) is 47.3 Å². The van der Waals surface area contributed by atoms with Crippen molar-refractivity contribution in [1.82, 2.24) is 0 Å². The first-order valence-corrected chi connectivity index (χ1v) is 10.8. The number of carbonyl (C=O) groups excluding carboxylic acids is 1. The number of ether oxygens (including phenoxy) is 1. The minimum atomic E-state index is -0.0441. The molecular weight excluding hydrogens is 332 g/mol. The molecule has 0 heterocycles. The fourth-order valence-corrected chi connectivity index (χ4v) is 8.69. The maximum Gasteiger partial charge on any atom is 0.167 e. The second-order valence-corrected chi connectivity index (χ2v) is 9.93. The number of benzene rings is 1. The largest absolute Gasteiger partial charge is 0.500 e. The normalized spacial score (nSPS) is 50.5. The van der Waals surface area contributed by atoms with Gasteiger partial charge in [0.15, 0.2) is 5.78 Å². The molecule has 4 bridgehead atoms. The smallest absolute Gasteiger partial charge is 0.167 e. The van der Waals surface area contributed by atoms with E-state index in [2.05, 4.69) is 42.5 Å². The molecule has 138 valence electrons. The minimum Gasteiger partial charge on any atom is -0.500 e. The molecule has 0 aromatic heterocycles. The highest BCUT2D eigenvalue weighted by Gasteiger charge is 2.79. The van der Waals surface area contributed by atoms with Crippen molar-refractivity contribution in [1.29, 1.82) is 0 Å². The molecule has 2 nitrogen and oxygen atoms in total. The first kappa shape index (κ1) is 15.1. The molecule has 0 aliphatic heterocycles. The number of rotatable bonds is 3. The van der Waals surface area contributed by atoms with Gasteiger partial charge in [0.2, 0.25) is 0 Å². The van der Waals surface area contributed by atoms with Crippen molar-refractivity contribution in [2.75, 3.05) is 7.11 Å². The van der Waals surface area contributed by atoms with Gasteiger partial charge in [-0.3, -0.25) is 4.79 Å². The van der Waals surface area contributed by atoms with Crippen LogP contribution in [0.2, 0.25) is 0 Å². The molecule has 0 amide bonds. The Balaban J connectivity index is 1.45. The quantitative estimate of drug-likeness (QED) is 0.743. The van der Waals surface area contributed by atoms with Crippen LogP contribution in [0.15, 0.2) is 53.8 Å². The Hall–Kier alpha value is -1.83. The van der Waals surface area contributed by atoms with E-state index in [4.69, 9.17) is 4.74 Å². The van der Waals surface area contributed by atoms with Crippen molar-refractivity contribution >= 4 is 5.78 Å². The number of fused-ring (bicyclic) bond motifs is 10. The molecule has 27 heavy (non-hydrogen) atoms. The molecule has 7 rings (SSSR count).